The van der Waals surface area contributed by atoms with Gasteiger partial charge in [-0.3, -0.25) is 4.79 Å². The van der Waals surface area contributed by atoms with E-state index < -0.39 is 5.60 Å². The molecular formula is C11H23NO3. The topological polar surface area (TPSA) is 58.6 Å². The first kappa shape index (κ1) is 14.4. The number of rotatable bonds is 6. The van der Waals surface area contributed by atoms with Gasteiger partial charge in [0.2, 0.25) is 5.91 Å². The van der Waals surface area contributed by atoms with E-state index in [-0.39, 0.29) is 17.9 Å². The van der Waals surface area contributed by atoms with E-state index >= 15 is 0 Å². The lowest BCUT2D eigenvalue weighted by molar-refractivity contribution is -0.126. The van der Waals surface area contributed by atoms with Crippen LogP contribution in [-0.4, -0.2) is 36.9 Å². The van der Waals surface area contributed by atoms with Gasteiger partial charge >= 0.3 is 0 Å². The molecule has 0 unspecified atom stereocenters. The molecule has 0 spiro atoms. The van der Waals surface area contributed by atoms with Crippen molar-refractivity contribution in [1.82, 2.24) is 5.32 Å². The normalized spacial score (nSPS) is 12.7. The maximum atomic E-state index is 11.5. The Morgan fingerprint density at radius 2 is 1.87 bits per heavy atom. The monoisotopic (exact) mass is 217 g/mol. The van der Waals surface area contributed by atoms with Gasteiger partial charge in [-0.1, -0.05) is 13.8 Å². The van der Waals surface area contributed by atoms with E-state index in [2.05, 4.69) is 5.32 Å². The van der Waals surface area contributed by atoms with Crippen molar-refractivity contribution in [1.29, 1.82) is 0 Å². The highest BCUT2D eigenvalue weighted by molar-refractivity contribution is 5.76. The fraction of sp³-hybridized carbons (Fsp3) is 0.909. The van der Waals surface area contributed by atoms with Crippen LogP contribution in [0, 0.1) is 5.41 Å². The molecule has 4 nitrogen and oxygen atoms in total. The molecule has 4 heteroatoms. The highest BCUT2D eigenvalue weighted by Gasteiger charge is 2.23. The molecule has 0 aromatic rings. The van der Waals surface area contributed by atoms with E-state index in [9.17, 15) is 4.79 Å². The Hall–Kier alpha value is -0.610. The van der Waals surface area contributed by atoms with E-state index in [4.69, 9.17) is 9.84 Å². The maximum Gasteiger partial charge on any atom is 0.222 e. The molecule has 0 atom stereocenters. The minimum Gasteiger partial charge on any atom is -0.396 e. The van der Waals surface area contributed by atoms with Crippen LogP contribution in [0.5, 0.6) is 0 Å². The Labute approximate surface area is 92.0 Å². The minimum atomic E-state index is -0.437. The highest BCUT2D eigenvalue weighted by atomic mass is 16.5. The molecule has 1 amide bonds. The zero-order chi connectivity index (χ0) is 12.1. The van der Waals surface area contributed by atoms with E-state index in [0.29, 0.717) is 13.0 Å². The van der Waals surface area contributed by atoms with E-state index in [1.807, 2.05) is 27.7 Å². The lowest BCUT2D eigenvalue weighted by atomic mass is 9.94. The zero-order valence-corrected chi connectivity index (χ0v) is 10.4. The number of carbonyl (C=O) groups excluding carboxylic acids is 1. The first-order valence-corrected chi connectivity index (χ1v) is 5.15. The van der Waals surface area contributed by atoms with Crippen LogP contribution in [0.15, 0.2) is 0 Å². The molecule has 2 N–H and O–H groups in total. The van der Waals surface area contributed by atoms with Crippen LogP contribution in [-0.2, 0) is 9.53 Å². The second-order valence-corrected chi connectivity index (χ2v) is 5.24. The molecule has 0 saturated carbocycles. The smallest absolute Gasteiger partial charge is 0.222 e. The molecule has 0 radical (unpaired) electrons. The third-order valence-electron chi connectivity index (χ3n) is 2.33. The van der Waals surface area contributed by atoms with Gasteiger partial charge in [-0.15, -0.1) is 0 Å². The molecular weight excluding hydrogens is 194 g/mol. The number of aliphatic hydroxyl groups excluding tert-OH is 1. The SMILES string of the molecule is COC(C)(C)CC(=O)NCC(C)(C)CO. The van der Waals surface area contributed by atoms with Gasteiger partial charge in [0, 0.05) is 25.7 Å². The van der Waals surface area contributed by atoms with Gasteiger partial charge in [0.15, 0.2) is 0 Å². The predicted octanol–water partition coefficient (Wildman–Crippen LogP) is 0.936. The van der Waals surface area contributed by atoms with Crippen LogP contribution in [0.3, 0.4) is 0 Å². The van der Waals surface area contributed by atoms with Gasteiger partial charge in [-0.25, -0.2) is 0 Å². The number of aliphatic hydroxyl groups is 1. The molecule has 0 aromatic heterocycles. The summed E-state index contributed by atoms with van der Waals surface area (Å²) in [5.41, 5.74) is -0.708. The Morgan fingerprint density at radius 3 is 2.27 bits per heavy atom. The number of hydrogen-bond acceptors (Lipinski definition) is 3. The number of hydrogen-bond donors (Lipinski definition) is 2. The Balaban J connectivity index is 3.96. The molecule has 0 rings (SSSR count). The Kier molecular flexibility index (Phi) is 5.24. The van der Waals surface area contributed by atoms with Crippen molar-refractivity contribution >= 4 is 5.91 Å². The largest absolute Gasteiger partial charge is 0.396 e. The number of nitrogens with one attached hydrogen (secondary N) is 1. The van der Waals surface area contributed by atoms with Crippen LogP contribution in [0.2, 0.25) is 0 Å². The molecule has 0 fully saturated rings. The number of methoxy groups -OCH3 is 1. The van der Waals surface area contributed by atoms with Crippen molar-refractivity contribution in [2.24, 2.45) is 5.41 Å². The summed E-state index contributed by atoms with van der Waals surface area (Å²) in [6.07, 6.45) is 0.324. The Bertz CT molecular complexity index is 212. The summed E-state index contributed by atoms with van der Waals surface area (Å²) in [7, 11) is 1.59. The predicted molar refractivity (Wildman–Crippen MR) is 59.6 cm³/mol. The first-order chi connectivity index (χ1) is 6.72. The van der Waals surface area contributed by atoms with Crippen molar-refractivity contribution < 1.29 is 14.6 Å². The summed E-state index contributed by atoms with van der Waals surface area (Å²) in [5, 5.41) is 11.8. The van der Waals surface area contributed by atoms with E-state index in [0.717, 1.165) is 0 Å². The third-order valence-corrected chi connectivity index (χ3v) is 2.33. The molecule has 0 aliphatic heterocycles. The van der Waals surface area contributed by atoms with Crippen LogP contribution >= 0.6 is 0 Å². The Morgan fingerprint density at radius 1 is 1.33 bits per heavy atom. The second kappa shape index (κ2) is 5.47. The van der Waals surface area contributed by atoms with Crippen molar-refractivity contribution in [3.8, 4) is 0 Å². The van der Waals surface area contributed by atoms with Crippen LogP contribution in [0.1, 0.15) is 34.1 Å². The summed E-state index contributed by atoms with van der Waals surface area (Å²) < 4.78 is 5.16. The fourth-order valence-electron chi connectivity index (χ4n) is 0.915. The van der Waals surface area contributed by atoms with Crippen molar-refractivity contribution in [2.45, 2.75) is 39.7 Å². The summed E-state index contributed by atoms with van der Waals surface area (Å²) in [6.45, 7) is 8.06. The minimum absolute atomic E-state index is 0.0524. The molecule has 0 aromatic carbocycles. The average Bonchev–Trinajstić information content (AvgIpc) is 2.15. The van der Waals surface area contributed by atoms with Gasteiger partial charge < -0.3 is 15.2 Å². The quantitative estimate of drug-likeness (QED) is 0.696. The average molecular weight is 217 g/mol. The molecule has 0 aliphatic rings. The third kappa shape index (κ3) is 6.47. The molecule has 0 aliphatic carbocycles. The molecule has 15 heavy (non-hydrogen) atoms. The van der Waals surface area contributed by atoms with E-state index in [1.54, 1.807) is 7.11 Å². The summed E-state index contributed by atoms with van der Waals surface area (Å²) >= 11 is 0. The first-order valence-electron chi connectivity index (χ1n) is 5.15. The van der Waals surface area contributed by atoms with Gasteiger partial charge in [0.05, 0.1) is 12.0 Å². The fourth-order valence-corrected chi connectivity index (χ4v) is 0.915. The summed E-state index contributed by atoms with van der Waals surface area (Å²) in [4.78, 5) is 11.5. The molecule has 0 heterocycles. The van der Waals surface area contributed by atoms with Gasteiger partial charge in [-0.05, 0) is 13.8 Å². The number of carbonyl (C=O) groups is 1. The number of ether oxygens (including phenoxy) is 1. The summed E-state index contributed by atoms with van der Waals surface area (Å²) in [5.74, 6) is -0.0524. The van der Waals surface area contributed by atoms with Gasteiger partial charge in [0.25, 0.3) is 0 Å². The lowest BCUT2D eigenvalue weighted by Crippen LogP contribution is -2.39. The summed E-state index contributed by atoms with van der Waals surface area (Å²) in [6, 6.07) is 0. The molecule has 0 saturated heterocycles. The van der Waals surface area contributed by atoms with Crippen molar-refractivity contribution in [3.63, 3.8) is 0 Å². The maximum absolute atomic E-state index is 11.5. The second-order valence-electron chi connectivity index (χ2n) is 5.24. The van der Waals surface area contributed by atoms with Crippen molar-refractivity contribution in [3.05, 3.63) is 0 Å². The van der Waals surface area contributed by atoms with Crippen molar-refractivity contribution in [2.75, 3.05) is 20.3 Å². The van der Waals surface area contributed by atoms with Gasteiger partial charge in [-0.2, -0.15) is 0 Å². The van der Waals surface area contributed by atoms with Crippen LogP contribution < -0.4 is 5.32 Å². The van der Waals surface area contributed by atoms with Gasteiger partial charge in [0.1, 0.15) is 0 Å². The lowest BCUT2D eigenvalue weighted by Gasteiger charge is -2.25. The van der Waals surface area contributed by atoms with Crippen LogP contribution in [0.25, 0.3) is 0 Å². The molecule has 0 bridgehead atoms. The highest BCUT2D eigenvalue weighted by Crippen LogP contribution is 2.14. The van der Waals surface area contributed by atoms with E-state index in [1.165, 1.54) is 0 Å². The zero-order valence-electron chi connectivity index (χ0n) is 10.4. The van der Waals surface area contributed by atoms with Crippen LogP contribution in [0.4, 0.5) is 0 Å². The number of amides is 1. The molecule has 90 valence electrons. The standard InChI is InChI=1S/C11H23NO3/c1-10(2,8-13)7-12-9(14)6-11(3,4)15-5/h13H,6-8H2,1-5H3,(H,12,14).